The fraction of sp³-hybridized carbons (Fsp3) is 0. The first kappa shape index (κ1) is 9.41. The molecule has 1 N–H and O–H groups in total. The third-order valence-corrected chi connectivity index (χ3v) is 3.04. The summed E-state index contributed by atoms with van der Waals surface area (Å²) in [4.78, 5) is 0. The van der Waals surface area contributed by atoms with Crippen LogP contribution in [0.4, 0.5) is 0 Å². The molecule has 1 radical (unpaired) electrons. The van der Waals surface area contributed by atoms with Crippen molar-refractivity contribution in [2.45, 2.75) is 0 Å². The van der Waals surface area contributed by atoms with E-state index in [-0.39, 0.29) is 0 Å². The first-order valence-electron chi connectivity index (χ1n) is 5.63. The average molecular weight is 234 g/mol. The van der Waals surface area contributed by atoms with Crippen molar-refractivity contribution in [2.75, 3.05) is 0 Å². The highest BCUT2D eigenvalue weighted by Crippen LogP contribution is 2.31. The van der Waals surface area contributed by atoms with Crippen LogP contribution < -0.4 is 0 Å². The molecule has 2 heterocycles. The highest BCUT2D eigenvalue weighted by molar-refractivity contribution is 6.01. The van der Waals surface area contributed by atoms with Crippen molar-refractivity contribution in [1.82, 2.24) is 15.4 Å². The molecule has 4 aromatic rings. The molecule has 0 amide bonds. The largest absolute Gasteiger partial charge is 0.356 e. The van der Waals surface area contributed by atoms with Gasteiger partial charge in [-0.1, -0.05) is 29.4 Å². The maximum absolute atomic E-state index is 5.33. The molecule has 0 unspecified atom stereocenters. The second kappa shape index (κ2) is 3.43. The van der Waals surface area contributed by atoms with Crippen molar-refractivity contribution in [1.29, 1.82) is 0 Å². The van der Waals surface area contributed by atoms with Gasteiger partial charge in [-0.3, -0.25) is 5.10 Å². The Morgan fingerprint density at radius 2 is 2.00 bits per heavy atom. The van der Waals surface area contributed by atoms with E-state index in [4.69, 9.17) is 4.52 Å². The van der Waals surface area contributed by atoms with Gasteiger partial charge in [-0.15, -0.1) is 0 Å². The van der Waals surface area contributed by atoms with Crippen LogP contribution in [0.25, 0.3) is 33.1 Å². The fourth-order valence-electron chi connectivity index (χ4n) is 2.19. The Balaban J connectivity index is 2.10. The van der Waals surface area contributed by atoms with Gasteiger partial charge in [-0.25, -0.2) is 0 Å². The third-order valence-electron chi connectivity index (χ3n) is 3.04. The molecule has 18 heavy (non-hydrogen) atoms. The molecule has 0 aliphatic rings. The molecule has 2 aromatic heterocycles. The van der Waals surface area contributed by atoms with Crippen LogP contribution in [0.5, 0.6) is 0 Å². The average Bonchev–Trinajstić information content (AvgIpc) is 3.05. The van der Waals surface area contributed by atoms with E-state index < -0.39 is 0 Å². The highest BCUT2D eigenvalue weighted by Gasteiger charge is 2.13. The zero-order valence-corrected chi connectivity index (χ0v) is 9.34. The summed E-state index contributed by atoms with van der Waals surface area (Å²) in [6, 6.07) is 13.7. The molecular formula is C14H8N3O. The lowest BCUT2D eigenvalue weighted by Gasteiger charge is -1.98. The number of hydrogen-bond acceptors (Lipinski definition) is 3. The monoisotopic (exact) mass is 234 g/mol. The van der Waals surface area contributed by atoms with Crippen LogP contribution in [0.1, 0.15) is 0 Å². The van der Waals surface area contributed by atoms with E-state index in [2.05, 4.69) is 21.6 Å². The highest BCUT2D eigenvalue weighted by atomic mass is 16.5. The normalized spacial score (nSPS) is 11.3. The van der Waals surface area contributed by atoms with Crippen LogP contribution in [0.15, 0.2) is 47.0 Å². The first-order valence-corrected chi connectivity index (χ1v) is 5.63. The van der Waals surface area contributed by atoms with E-state index in [1.165, 1.54) is 0 Å². The van der Waals surface area contributed by atoms with E-state index in [1.54, 1.807) is 0 Å². The summed E-state index contributed by atoms with van der Waals surface area (Å²) in [6.45, 7) is 0. The van der Waals surface area contributed by atoms with E-state index in [0.29, 0.717) is 0 Å². The maximum Gasteiger partial charge on any atom is 0.167 e. The molecule has 0 saturated heterocycles. The number of nitrogens with zero attached hydrogens (tertiary/aromatic N) is 2. The minimum Gasteiger partial charge on any atom is -0.356 e. The third kappa shape index (κ3) is 1.20. The SMILES string of the molecule is [c]1n[nH]c2cccc(-c3noc4ccccc34)c12. The minimum atomic E-state index is 0.785. The lowest BCUT2D eigenvalue weighted by atomic mass is 10.0. The van der Waals surface area contributed by atoms with Crippen LogP contribution in [0.3, 0.4) is 0 Å². The van der Waals surface area contributed by atoms with E-state index in [0.717, 1.165) is 33.1 Å². The van der Waals surface area contributed by atoms with Crippen molar-refractivity contribution < 1.29 is 4.52 Å². The maximum atomic E-state index is 5.33. The summed E-state index contributed by atoms with van der Waals surface area (Å²) in [5.41, 5.74) is 3.53. The Bertz CT molecular complexity index is 844. The molecule has 0 saturated carbocycles. The quantitative estimate of drug-likeness (QED) is 0.550. The van der Waals surface area contributed by atoms with E-state index >= 15 is 0 Å². The van der Waals surface area contributed by atoms with Crippen LogP contribution in [-0.4, -0.2) is 15.4 Å². The zero-order valence-electron chi connectivity index (χ0n) is 9.34. The van der Waals surface area contributed by atoms with Crippen molar-refractivity contribution in [3.63, 3.8) is 0 Å². The number of benzene rings is 2. The van der Waals surface area contributed by atoms with Gasteiger partial charge in [0.15, 0.2) is 5.58 Å². The van der Waals surface area contributed by atoms with Gasteiger partial charge in [0.1, 0.15) is 11.9 Å². The standard InChI is InChI=1S/C14H8N3O/c1-2-7-13-10(4-1)14(17-18-13)9-5-3-6-12-11(9)8-15-16-12/h1-7H,(H,15,16). The number of hydrogen-bond donors (Lipinski definition) is 1. The molecular weight excluding hydrogens is 226 g/mol. The van der Waals surface area contributed by atoms with Gasteiger partial charge in [0.25, 0.3) is 0 Å². The van der Waals surface area contributed by atoms with Crippen molar-refractivity contribution >= 4 is 21.9 Å². The fourth-order valence-corrected chi connectivity index (χ4v) is 2.19. The molecule has 85 valence electrons. The molecule has 0 aliphatic heterocycles. The lowest BCUT2D eigenvalue weighted by Crippen LogP contribution is -1.79. The van der Waals surface area contributed by atoms with Crippen LogP contribution >= 0.6 is 0 Å². The predicted octanol–water partition coefficient (Wildman–Crippen LogP) is 3.17. The molecule has 2 aromatic carbocycles. The van der Waals surface area contributed by atoms with Gasteiger partial charge >= 0.3 is 0 Å². The number of fused-ring (bicyclic) bond motifs is 2. The van der Waals surface area contributed by atoms with Crippen molar-refractivity contribution in [3.05, 3.63) is 48.7 Å². The molecule has 0 atom stereocenters. The summed E-state index contributed by atoms with van der Waals surface area (Å²) in [6.07, 6.45) is 2.95. The summed E-state index contributed by atoms with van der Waals surface area (Å²) >= 11 is 0. The molecule has 0 bridgehead atoms. The van der Waals surface area contributed by atoms with Crippen molar-refractivity contribution in [3.8, 4) is 11.3 Å². The summed E-state index contributed by atoms with van der Waals surface area (Å²) in [7, 11) is 0. The molecule has 0 fully saturated rings. The molecule has 0 spiro atoms. The van der Waals surface area contributed by atoms with Crippen LogP contribution in [0.2, 0.25) is 0 Å². The van der Waals surface area contributed by atoms with Gasteiger partial charge in [0, 0.05) is 16.3 Å². The van der Waals surface area contributed by atoms with Gasteiger partial charge in [-0.2, -0.15) is 5.10 Å². The second-order valence-corrected chi connectivity index (χ2v) is 4.09. The Hall–Kier alpha value is -2.62. The first-order chi connectivity index (χ1) is 8.93. The van der Waals surface area contributed by atoms with E-state index in [1.807, 2.05) is 42.5 Å². The Kier molecular flexibility index (Phi) is 1.80. The van der Waals surface area contributed by atoms with Gasteiger partial charge in [-0.05, 0) is 18.2 Å². The summed E-state index contributed by atoms with van der Waals surface area (Å²) < 4.78 is 5.33. The molecule has 0 aliphatic carbocycles. The predicted molar refractivity (Wildman–Crippen MR) is 67.9 cm³/mol. The van der Waals surface area contributed by atoms with Gasteiger partial charge < -0.3 is 4.52 Å². The second-order valence-electron chi connectivity index (χ2n) is 4.09. The molecule has 4 nitrogen and oxygen atoms in total. The lowest BCUT2D eigenvalue weighted by molar-refractivity contribution is 0.459. The van der Waals surface area contributed by atoms with Gasteiger partial charge in [0.2, 0.25) is 0 Å². The number of H-pyrrole nitrogens is 1. The molecule has 4 rings (SSSR count). The Morgan fingerprint density at radius 1 is 1.06 bits per heavy atom. The Morgan fingerprint density at radius 3 is 3.00 bits per heavy atom. The smallest absolute Gasteiger partial charge is 0.167 e. The minimum absolute atomic E-state index is 0.785. The number of aromatic nitrogens is 3. The van der Waals surface area contributed by atoms with Gasteiger partial charge in [0.05, 0.1) is 5.52 Å². The van der Waals surface area contributed by atoms with E-state index in [9.17, 15) is 0 Å². The zero-order chi connectivity index (χ0) is 11.9. The van der Waals surface area contributed by atoms with Crippen LogP contribution in [0, 0.1) is 6.20 Å². The van der Waals surface area contributed by atoms with Crippen molar-refractivity contribution in [2.24, 2.45) is 0 Å². The summed E-state index contributed by atoms with van der Waals surface area (Å²) in [5.74, 6) is 0. The number of aromatic amines is 1. The number of rotatable bonds is 1. The topological polar surface area (TPSA) is 54.7 Å². The number of para-hydroxylation sites is 1. The van der Waals surface area contributed by atoms with Crippen LogP contribution in [-0.2, 0) is 0 Å². The molecule has 4 heteroatoms. The number of nitrogens with one attached hydrogen (secondary N) is 1. The Labute approximate surface area is 102 Å². The summed E-state index contributed by atoms with van der Waals surface area (Å²) in [5, 5.41) is 12.9.